The highest BCUT2D eigenvalue weighted by Crippen LogP contribution is 2.25. The second-order valence-corrected chi connectivity index (χ2v) is 7.54. The molecule has 3 aromatic rings. The number of carbonyl (C=O) groups is 1. The number of pyridine rings is 1. The van der Waals surface area contributed by atoms with Crippen molar-refractivity contribution in [3.05, 3.63) is 48.3 Å². The molecule has 1 atom stereocenters. The molecule has 1 fully saturated rings. The minimum absolute atomic E-state index is 0.0468. The molecule has 1 saturated heterocycles. The molecule has 2 aromatic heterocycles. The van der Waals surface area contributed by atoms with Crippen LogP contribution in [0.4, 0.5) is 0 Å². The summed E-state index contributed by atoms with van der Waals surface area (Å²) >= 11 is 0. The smallest absolute Gasteiger partial charge is 0.252 e. The predicted molar refractivity (Wildman–Crippen MR) is 111 cm³/mol. The van der Waals surface area contributed by atoms with Gasteiger partial charge in [0.25, 0.3) is 5.91 Å². The maximum atomic E-state index is 13.1. The summed E-state index contributed by atoms with van der Waals surface area (Å²) in [5, 5.41) is 8.40. The molecule has 1 N–H and O–H groups in total. The number of carbonyl (C=O) groups excluding carboxylic acids is 1. The van der Waals surface area contributed by atoms with E-state index >= 15 is 0 Å². The lowest BCUT2D eigenvalue weighted by Gasteiger charge is -2.21. The van der Waals surface area contributed by atoms with Crippen LogP contribution in [0, 0.1) is 0 Å². The standard InChI is InChI=1S/C22H27N5O/c1-3-27-15-17(13-23-27)21-12-19(18-8-4-5-9-20(18)25-21)22(28)24-16(2)14-26-10-6-7-11-26/h4-5,8-9,12-13,15-16H,3,6-7,10-11,14H2,1-2H3,(H,24,28). The lowest BCUT2D eigenvalue weighted by atomic mass is 10.0. The zero-order valence-electron chi connectivity index (χ0n) is 16.6. The summed E-state index contributed by atoms with van der Waals surface area (Å²) in [6.07, 6.45) is 6.28. The monoisotopic (exact) mass is 377 g/mol. The Morgan fingerprint density at radius 1 is 1.25 bits per heavy atom. The molecule has 1 aliphatic rings. The van der Waals surface area contributed by atoms with Gasteiger partial charge in [0, 0.05) is 36.3 Å². The molecule has 1 amide bonds. The first kappa shape index (κ1) is 18.6. The van der Waals surface area contributed by atoms with Crippen LogP contribution < -0.4 is 5.32 Å². The summed E-state index contributed by atoms with van der Waals surface area (Å²) in [4.78, 5) is 20.3. The first-order valence-electron chi connectivity index (χ1n) is 10.1. The average molecular weight is 377 g/mol. The molecule has 6 heteroatoms. The van der Waals surface area contributed by atoms with E-state index in [2.05, 4.69) is 22.2 Å². The molecule has 0 aliphatic carbocycles. The number of nitrogens with zero attached hydrogens (tertiary/aromatic N) is 4. The maximum absolute atomic E-state index is 13.1. The molecule has 0 bridgehead atoms. The Morgan fingerprint density at radius 2 is 2.04 bits per heavy atom. The number of hydrogen-bond donors (Lipinski definition) is 1. The number of likely N-dealkylation sites (tertiary alicyclic amines) is 1. The Morgan fingerprint density at radius 3 is 2.79 bits per heavy atom. The van der Waals surface area contributed by atoms with E-state index in [1.54, 1.807) is 6.20 Å². The number of nitrogens with one attached hydrogen (secondary N) is 1. The molecule has 1 aromatic carbocycles. The number of aromatic nitrogens is 3. The van der Waals surface area contributed by atoms with Crippen LogP contribution in [-0.2, 0) is 6.54 Å². The van der Waals surface area contributed by atoms with Gasteiger partial charge < -0.3 is 10.2 Å². The van der Waals surface area contributed by atoms with E-state index in [0.29, 0.717) is 5.56 Å². The molecule has 0 radical (unpaired) electrons. The van der Waals surface area contributed by atoms with Crippen molar-refractivity contribution in [2.75, 3.05) is 19.6 Å². The summed E-state index contributed by atoms with van der Waals surface area (Å²) in [5.41, 5.74) is 3.18. The van der Waals surface area contributed by atoms with Crippen molar-refractivity contribution in [1.82, 2.24) is 25.0 Å². The van der Waals surface area contributed by atoms with Gasteiger partial charge in [-0.25, -0.2) is 4.98 Å². The molecule has 1 aliphatic heterocycles. The van der Waals surface area contributed by atoms with E-state index in [1.165, 1.54) is 12.8 Å². The van der Waals surface area contributed by atoms with E-state index < -0.39 is 0 Å². The minimum atomic E-state index is -0.0468. The molecule has 0 saturated carbocycles. The zero-order valence-corrected chi connectivity index (χ0v) is 16.6. The second-order valence-electron chi connectivity index (χ2n) is 7.54. The van der Waals surface area contributed by atoms with Crippen molar-refractivity contribution in [3.63, 3.8) is 0 Å². The first-order chi connectivity index (χ1) is 13.6. The molecule has 3 heterocycles. The maximum Gasteiger partial charge on any atom is 0.252 e. The summed E-state index contributed by atoms with van der Waals surface area (Å²) in [6.45, 7) is 8.07. The van der Waals surface area contributed by atoms with Crippen molar-refractivity contribution in [2.24, 2.45) is 0 Å². The van der Waals surface area contributed by atoms with Gasteiger partial charge in [-0.2, -0.15) is 5.10 Å². The lowest BCUT2D eigenvalue weighted by Crippen LogP contribution is -2.41. The van der Waals surface area contributed by atoms with Crippen LogP contribution >= 0.6 is 0 Å². The molecule has 0 spiro atoms. The van der Waals surface area contributed by atoms with Crippen LogP contribution in [0.25, 0.3) is 22.2 Å². The molecular formula is C22H27N5O. The van der Waals surface area contributed by atoms with Crippen molar-refractivity contribution >= 4 is 16.8 Å². The third kappa shape index (κ3) is 3.92. The quantitative estimate of drug-likeness (QED) is 0.716. The van der Waals surface area contributed by atoms with Gasteiger partial charge in [-0.1, -0.05) is 18.2 Å². The average Bonchev–Trinajstić information content (AvgIpc) is 3.38. The zero-order chi connectivity index (χ0) is 19.5. The molecule has 146 valence electrons. The number of rotatable bonds is 6. The van der Waals surface area contributed by atoms with Gasteiger partial charge in [-0.05, 0) is 51.9 Å². The van der Waals surface area contributed by atoms with Gasteiger partial charge in [-0.3, -0.25) is 9.48 Å². The number of hydrogen-bond acceptors (Lipinski definition) is 4. The van der Waals surface area contributed by atoms with E-state index in [4.69, 9.17) is 4.98 Å². The molecule has 1 unspecified atom stereocenters. The predicted octanol–water partition coefficient (Wildman–Crippen LogP) is 3.33. The fourth-order valence-corrected chi connectivity index (χ4v) is 3.88. The SMILES string of the molecule is CCn1cc(-c2cc(C(=O)NC(C)CN3CCCC3)c3ccccc3n2)cn1. The molecular weight excluding hydrogens is 350 g/mol. The third-order valence-electron chi connectivity index (χ3n) is 5.32. The summed E-state index contributed by atoms with van der Waals surface area (Å²) in [6, 6.07) is 9.80. The molecule has 6 nitrogen and oxygen atoms in total. The van der Waals surface area contributed by atoms with Crippen LogP contribution in [0.2, 0.25) is 0 Å². The van der Waals surface area contributed by atoms with E-state index in [-0.39, 0.29) is 11.9 Å². The Hall–Kier alpha value is -2.73. The number of fused-ring (bicyclic) bond motifs is 1. The van der Waals surface area contributed by atoms with Crippen LogP contribution in [0.1, 0.15) is 37.0 Å². The van der Waals surface area contributed by atoms with Crippen LogP contribution in [0.3, 0.4) is 0 Å². The van der Waals surface area contributed by atoms with Crippen molar-refractivity contribution in [3.8, 4) is 11.3 Å². The summed E-state index contributed by atoms with van der Waals surface area (Å²) in [7, 11) is 0. The highest BCUT2D eigenvalue weighted by molar-refractivity contribution is 6.07. The van der Waals surface area contributed by atoms with Gasteiger partial charge in [0.1, 0.15) is 0 Å². The Labute approximate surface area is 165 Å². The van der Waals surface area contributed by atoms with Crippen molar-refractivity contribution in [1.29, 1.82) is 0 Å². The number of aryl methyl sites for hydroxylation is 1. The minimum Gasteiger partial charge on any atom is -0.348 e. The Bertz CT molecular complexity index is 974. The summed E-state index contributed by atoms with van der Waals surface area (Å²) in [5.74, 6) is -0.0468. The lowest BCUT2D eigenvalue weighted by molar-refractivity contribution is 0.0933. The third-order valence-corrected chi connectivity index (χ3v) is 5.32. The second kappa shape index (κ2) is 8.10. The van der Waals surface area contributed by atoms with Gasteiger partial charge in [0.05, 0.1) is 23.0 Å². The van der Waals surface area contributed by atoms with Crippen LogP contribution in [0.5, 0.6) is 0 Å². The number of amides is 1. The fraction of sp³-hybridized carbons (Fsp3) is 0.409. The van der Waals surface area contributed by atoms with Gasteiger partial charge in [0.2, 0.25) is 0 Å². The first-order valence-corrected chi connectivity index (χ1v) is 10.1. The van der Waals surface area contributed by atoms with Crippen LogP contribution in [0.15, 0.2) is 42.7 Å². The van der Waals surface area contributed by atoms with Gasteiger partial charge in [0.15, 0.2) is 0 Å². The highest BCUT2D eigenvalue weighted by atomic mass is 16.1. The van der Waals surface area contributed by atoms with Crippen LogP contribution in [-0.4, -0.2) is 51.2 Å². The molecule has 4 rings (SSSR count). The van der Waals surface area contributed by atoms with Gasteiger partial charge >= 0.3 is 0 Å². The van der Waals surface area contributed by atoms with E-state index in [1.807, 2.05) is 48.1 Å². The molecule has 28 heavy (non-hydrogen) atoms. The number of para-hydroxylation sites is 1. The summed E-state index contributed by atoms with van der Waals surface area (Å²) < 4.78 is 1.87. The van der Waals surface area contributed by atoms with Gasteiger partial charge in [-0.15, -0.1) is 0 Å². The van der Waals surface area contributed by atoms with E-state index in [0.717, 1.165) is 48.3 Å². The number of benzene rings is 1. The normalized spacial score (nSPS) is 15.8. The fourth-order valence-electron chi connectivity index (χ4n) is 3.88. The van der Waals surface area contributed by atoms with Crippen molar-refractivity contribution in [2.45, 2.75) is 39.3 Å². The Balaban J connectivity index is 1.63. The Kier molecular flexibility index (Phi) is 5.39. The topological polar surface area (TPSA) is 63.1 Å². The largest absolute Gasteiger partial charge is 0.348 e. The highest BCUT2D eigenvalue weighted by Gasteiger charge is 2.19. The van der Waals surface area contributed by atoms with Crippen molar-refractivity contribution < 1.29 is 4.79 Å². The van der Waals surface area contributed by atoms with E-state index in [9.17, 15) is 4.79 Å².